The van der Waals surface area contributed by atoms with E-state index in [0.717, 1.165) is 17.6 Å². The van der Waals surface area contributed by atoms with E-state index in [2.05, 4.69) is 14.3 Å². The molecule has 1 aromatic heterocycles. The van der Waals surface area contributed by atoms with E-state index in [1.807, 2.05) is 36.5 Å². The summed E-state index contributed by atoms with van der Waals surface area (Å²) >= 11 is 0. The van der Waals surface area contributed by atoms with Crippen LogP contribution < -0.4 is 4.72 Å². The number of hydrogen-bond acceptors (Lipinski definition) is 4. The van der Waals surface area contributed by atoms with Crippen molar-refractivity contribution in [3.63, 3.8) is 0 Å². The topological polar surface area (TPSA) is 84.2 Å². The summed E-state index contributed by atoms with van der Waals surface area (Å²) in [5.74, 6) is 1.10. The molecule has 1 aliphatic carbocycles. The van der Waals surface area contributed by atoms with Gasteiger partial charge in [0.05, 0.1) is 12.4 Å². The molecule has 1 fully saturated rings. The molecular weight excluding hydrogens is 314 g/mol. The minimum Gasteiger partial charge on any atom is -0.391 e. The van der Waals surface area contributed by atoms with Gasteiger partial charge in [0, 0.05) is 30.5 Å². The van der Waals surface area contributed by atoms with Crippen LogP contribution in [0.3, 0.4) is 0 Å². The van der Waals surface area contributed by atoms with Crippen molar-refractivity contribution >= 4 is 10.0 Å². The molecule has 23 heavy (non-hydrogen) atoms. The standard InChI is InChI=1S/C16H21N3O3S/c1-23(21,22)18-14-9-12(10-15(14)20)11-19-8-7-17-16(19)13-5-3-2-4-6-13/h2-8,12,14-15,18,20H,9-11H2,1H3/t12?,14-,15-/m1/s1. The van der Waals surface area contributed by atoms with E-state index >= 15 is 0 Å². The van der Waals surface area contributed by atoms with E-state index in [-0.39, 0.29) is 5.92 Å². The van der Waals surface area contributed by atoms with E-state index < -0.39 is 22.2 Å². The highest BCUT2D eigenvalue weighted by Crippen LogP contribution is 2.29. The second-order valence-electron chi connectivity index (χ2n) is 6.17. The van der Waals surface area contributed by atoms with Crippen LogP contribution in [0.4, 0.5) is 0 Å². The molecule has 1 unspecified atom stereocenters. The molecule has 3 rings (SSSR count). The first-order chi connectivity index (χ1) is 10.9. The molecule has 0 aliphatic heterocycles. The molecule has 2 aromatic rings. The Hall–Kier alpha value is -1.70. The number of aliphatic hydroxyl groups is 1. The average molecular weight is 335 g/mol. The van der Waals surface area contributed by atoms with Gasteiger partial charge in [0.15, 0.2) is 0 Å². The molecule has 1 aliphatic rings. The van der Waals surface area contributed by atoms with Crippen molar-refractivity contribution in [2.75, 3.05) is 6.26 Å². The van der Waals surface area contributed by atoms with Crippen molar-refractivity contribution in [2.45, 2.75) is 31.5 Å². The first-order valence-corrected chi connectivity index (χ1v) is 9.53. The van der Waals surface area contributed by atoms with Gasteiger partial charge in [0.1, 0.15) is 5.82 Å². The van der Waals surface area contributed by atoms with E-state index in [9.17, 15) is 13.5 Å². The Labute approximate surface area is 136 Å². The summed E-state index contributed by atoms with van der Waals surface area (Å²) in [6.07, 6.45) is 5.38. The monoisotopic (exact) mass is 335 g/mol. The molecule has 0 bridgehead atoms. The lowest BCUT2D eigenvalue weighted by atomic mass is 10.1. The van der Waals surface area contributed by atoms with E-state index in [1.54, 1.807) is 6.20 Å². The molecule has 124 valence electrons. The molecule has 6 nitrogen and oxygen atoms in total. The summed E-state index contributed by atoms with van der Waals surface area (Å²) in [5, 5.41) is 10.1. The number of imidazole rings is 1. The number of aliphatic hydroxyl groups excluding tert-OH is 1. The number of sulfonamides is 1. The van der Waals surface area contributed by atoms with E-state index in [4.69, 9.17) is 0 Å². The number of aromatic nitrogens is 2. The largest absolute Gasteiger partial charge is 0.391 e. The molecule has 0 spiro atoms. The fourth-order valence-electron chi connectivity index (χ4n) is 3.25. The van der Waals surface area contributed by atoms with Gasteiger partial charge < -0.3 is 9.67 Å². The van der Waals surface area contributed by atoms with Gasteiger partial charge in [0.25, 0.3) is 0 Å². The van der Waals surface area contributed by atoms with Crippen molar-refractivity contribution < 1.29 is 13.5 Å². The zero-order valence-corrected chi connectivity index (χ0v) is 13.8. The van der Waals surface area contributed by atoms with Gasteiger partial charge in [-0.25, -0.2) is 18.1 Å². The predicted molar refractivity (Wildman–Crippen MR) is 88.2 cm³/mol. The number of nitrogens with zero attached hydrogens (tertiary/aromatic N) is 2. The molecule has 3 atom stereocenters. The van der Waals surface area contributed by atoms with Crippen molar-refractivity contribution in [1.82, 2.24) is 14.3 Å². The van der Waals surface area contributed by atoms with Gasteiger partial charge in [0.2, 0.25) is 10.0 Å². The summed E-state index contributed by atoms with van der Waals surface area (Å²) in [4.78, 5) is 4.41. The number of hydrogen-bond donors (Lipinski definition) is 2. The number of benzene rings is 1. The molecule has 0 radical (unpaired) electrons. The third-order valence-corrected chi connectivity index (χ3v) is 4.93. The van der Waals surface area contributed by atoms with E-state index in [0.29, 0.717) is 19.4 Å². The van der Waals surface area contributed by atoms with Crippen LogP contribution >= 0.6 is 0 Å². The van der Waals surface area contributed by atoms with Crippen LogP contribution in [0.5, 0.6) is 0 Å². The van der Waals surface area contributed by atoms with Crippen LogP contribution in [-0.2, 0) is 16.6 Å². The maximum absolute atomic E-state index is 11.4. The fourth-order valence-corrected chi connectivity index (χ4v) is 4.05. The Balaban J connectivity index is 1.71. The number of rotatable bonds is 5. The van der Waals surface area contributed by atoms with Gasteiger partial charge in [-0.05, 0) is 18.8 Å². The number of nitrogens with one attached hydrogen (secondary N) is 1. The highest BCUT2D eigenvalue weighted by Gasteiger charge is 2.34. The summed E-state index contributed by atoms with van der Waals surface area (Å²) in [7, 11) is -3.31. The Morgan fingerprint density at radius 3 is 2.74 bits per heavy atom. The molecule has 1 aromatic carbocycles. The van der Waals surface area contributed by atoms with Gasteiger partial charge in [-0.1, -0.05) is 30.3 Å². The predicted octanol–water partition coefficient (Wildman–Crippen LogP) is 1.24. The third kappa shape index (κ3) is 3.99. The van der Waals surface area contributed by atoms with Crippen molar-refractivity contribution in [3.05, 3.63) is 42.7 Å². The van der Waals surface area contributed by atoms with Gasteiger partial charge in [-0.3, -0.25) is 0 Å². The zero-order valence-electron chi connectivity index (χ0n) is 13.0. The third-order valence-electron chi connectivity index (χ3n) is 4.19. The van der Waals surface area contributed by atoms with Gasteiger partial charge >= 0.3 is 0 Å². The lowest BCUT2D eigenvalue weighted by Crippen LogP contribution is -2.39. The molecule has 1 saturated carbocycles. The fraction of sp³-hybridized carbons (Fsp3) is 0.438. The van der Waals surface area contributed by atoms with Crippen molar-refractivity contribution in [3.8, 4) is 11.4 Å². The van der Waals surface area contributed by atoms with Crippen LogP contribution in [0, 0.1) is 5.92 Å². The van der Waals surface area contributed by atoms with Crippen molar-refractivity contribution in [2.24, 2.45) is 5.92 Å². The highest BCUT2D eigenvalue weighted by molar-refractivity contribution is 7.88. The Bertz CT molecular complexity index is 758. The van der Waals surface area contributed by atoms with Crippen LogP contribution in [0.25, 0.3) is 11.4 Å². The lowest BCUT2D eigenvalue weighted by molar-refractivity contribution is 0.155. The maximum atomic E-state index is 11.4. The summed E-state index contributed by atoms with van der Waals surface area (Å²) in [5.41, 5.74) is 1.04. The first kappa shape index (κ1) is 16.2. The first-order valence-electron chi connectivity index (χ1n) is 7.64. The molecule has 0 saturated heterocycles. The van der Waals surface area contributed by atoms with E-state index in [1.165, 1.54) is 0 Å². The minimum atomic E-state index is -3.31. The summed E-state index contributed by atoms with van der Waals surface area (Å²) in [6, 6.07) is 9.52. The molecule has 1 heterocycles. The van der Waals surface area contributed by atoms with Crippen LogP contribution in [0.2, 0.25) is 0 Å². The second kappa shape index (κ2) is 6.43. The van der Waals surface area contributed by atoms with Crippen LogP contribution in [0.1, 0.15) is 12.8 Å². The van der Waals surface area contributed by atoms with Crippen LogP contribution in [-0.4, -0.2) is 41.5 Å². The lowest BCUT2D eigenvalue weighted by Gasteiger charge is -2.15. The molecule has 7 heteroatoms. The minimum absolute atomic E-state index is 0.209. The molecule has 2 N–H and O–H groups in total. The summed E-state index contributed by atoms with van der Waals surface area (Å²) < 4.78 is 27.3. The second-order valence-corrected chi connectivity index (χ2v) is 7.95. The SMILES string of the molecule is CS(=O)(=O)N[C@@H]1CC(Cn2ccnc2-c2ccccc2)C[C@H]1O. The Morgan fingerprint density at radius 2 is 2.04 bits per heavy atom. The molecular formula is C16H21N3O3S. The maximum Gasteiger partial charge on any atom is 0.209 e. The Morgan fingerprint density at radius 1 is 1.30 bits per heavy atom. The van der Waals surface area contributed by atoms with Crippen LogP contribution in [0.15, 0.2) is 42.7 Å². The summed E-state index contributed by atoms with van der Waals surface area (Å²) in [6.45, 7) is 0.712. The quantitative estimate of drug-likeness (QED) is 0.861. The highest BCUT2D eigenvalue weighted by atomic mass is 32.2. The van der Waals surface area contributed by atoms with Crippen molar-refractivity contribution in [1.29, 1.82) is 0 Å². The smallest absolute Gasteiger partial charge is 0.209 e. The van der Waals surface area contributed by atoms with Gasteiger partial charge in [-0.15, -0.1) is 0 Å². The average Bonchev–Trinajstić information content (AvgIpc) is 3.06. The molecule has 0 amide bonds. The zero-order chi connectivity index (χ0) is 16.4. The normalized spacial score (nSPS) is 24.9. The van der Waals surface area contributed by atoms with Gasteiger partial charge in [-0.2, -0.15) is 0 Å². The Kier molecular flexibility index (Phi) is 4.52.